The number of rotatable bonds is 5. The van der Waals surface area contributed by atoms with Gasteiger partial charge in [0.1, 0.15) is 5.82 Å². The highest BCUT2D eigenvalue weighted by atomic mass is 79.9. The first-order chi connectivity index (χ1) is 9.08. The van der Waals surface area contributed by atoms with Crippen molar-refractivity contribution in [3.63, 3.8) is 0 Å². The van der Waals surface area contributed by atoms with Gasteiger partial charge in [-0.2, -0.15) is 0 Å². The maximum atomic E-state index is 13.1. The molecule has 0 aliphatic heterocycles. The Hall–Kier alpha value is -0.780. The molecule has 2 rings (SSSR count). The number of thiazole rings is 1. The highest BCUT2D eigenvalue weighted by molar-refractivity contribution is 9.10. The van der Waals surface area contributed by atoms with E-state index in [0.717, 1.165) is 33.6 Å². The molecule has 0 aliphatic carbocycles. The molecule has 0 bridgehead atoms. The van der Waals surface area contributed by atoms with Crippen LogP contribution in [0.5, 0.6) is 0 Å². The molecule has 19 heavy (non-hydrogen) atoms. The number of aryl methyl sites for hydroxylation is 1. The number of benzene rings is 1. The number of hydrogen-bond acceptors (Lipinski definition) is 3. The molecular weight excluding hydrogens is 327 g/mol. The predicted octanol–water partition coefficient (Wildman–Crippen LogP) is 3.73. The average Bonchev–Trinajstić information content (AvgIpc) is 2.77. The van der Waals surface area contributed by atoms with Crippen molar-refractivity contribution in [2.45, 2.75) is 25.8 Å². The second kappa shape index (κ2) is 6.59. The van der Waals surface area contributed by atoms with Gasteiger partial charge in [-0.1, -0.05) is 22.0 Å². The number of hydrogen-bond donors (Lipinski definition) is 1. The van der Waals surface area contributed by atoms with Gasteiger partial charge in [0.15, 0.2) is 0 Å². The van der Waals surface area contributed by atoms with Crippen molar-refractivity contribution in [1.29, 1.82) is 0 Å². The van der Waals surface area contributed by atoms with Gasteiger partial charge in [-0.05, 0) is 38.1 Å². The Kier molecular flexibility index (Phi) is 5.07. The fourth-order valence-electron chi connectivity index (χ4n) is 1.94. The zero-order valence-electron chi connectivity index (χ0n) is 10.9. The zero-order valence-corrected chi connectivity index (χ0v) is 13.3. The molecule has 1 N–H and O–H groups in total. The van der Waals surface area contributed by atoms with E-state index in [1.54, 1.807) is 11.3 Å². The molecule has 2 aromatic rings. The van der Waals surface area contributed by atoms with E-state index in [-0.39, 0.29) is 5.82 Å². The minimum absolute atomic E-state index is 0.216. The molecule has 0 spiro atoms. The molecule has 1 unspecified atom stereocenters. The molecule has 0 fully saturated rings. The lowest BCUT2D eigenvalue weighted by Crippen LogP contribution is -2.30. The van der Waals surface area contributed by atoms with Gasteiger partial charge in [0.2, 0.25) is 0 Å². The smallest absolute Gasteiger partial charge is 0.124 e. The third-order valence-electron chi connectivity index (χ3n) is 2.98. The van der Waals surface area contributed by atoms with Crippen LogP contribution in [0.15, 0.2) is 28.1 Å². The average molecular weight is 343 g/mol. The molecule has 0 aliphatic rings. The molecule has 1 aromatic heterocycles. The van der Waals surface area contributed by atoms with Crippen molar-refractivity contribution in [2.24, 2.45) is 0 Å². The van der Waals surface area contributed by atoms with Crippen LogP contribution in [0.4, 0.5) is 4.39 Å². The molecular formula is C14H16BrFN2S. The summed E-state index contributed by atoms with van der Waals surface area (Å²) in [4.78, 5) is 4.48. The lowest BCUT2D eigenvalue weighted by Gasteiger charge is -2.16. The Labute approximate surface area is 125 Å². The SMILES string of the molecule is CNC(Cc1nc(C)cs1)Cc1ccc(F)cc1Br. The Bertz CT molecular complexity index is 556. The summed E-state index contributed by atoms with van der Waals surface area (Å²) in [5.74, 6) is -0.216. The third kappa shape index (κ3) is 4.09. The van der Waals surface area contributed by atoms with E-state index in [9.17, 15) is 4.39 Å². The second-order valence-electron chi connectivity index (χ2n) is 4.51. The molecule has 102 valence electrons. The molecule has 0 radical (unpaired) electrons. The van der Waals surface area contributed by atoms with Gasteiger partial charge in [0, 0.05) is 28.0 Å². The molecule has 0 amide bonds. The van der Waals surface area contributed by atoms with Crippen LogP contribution >= 0.6 is 27.3 Å². The topological polar surface area (TPSA) is 24.9 Å². The van der Waals surface area contributed by atoms with Gasteiger partial charge >= 0.3 is 0 Å². The highest BCUT2D eigenvalue weighted by Gasteiger charge is 2.13. The van der Waals surface area contributed by atoms with Crippen molar-refractivity contribution < 1.29 is 4.39 Å². The fourth-order valence-corrected chi connectivity index (χ4v) is 3.30. The van der Waals surface area contributed by atoms with Crippen LogP contribution in [0.25, 0.3) is 0 Å². The summed E-state index contributed by atoms with van der Waals surface area (Å²) in [7, 11) is 1.95. The van der Waals surface area contributed by atoms with E-state index >= 15 is 0 Å². The van der Waals surface area contributed by atoms with E-state index in [1.165, 1.54) is 12.1 Å². The quantitative estimate of drug-likeness (QED) is 0.895. The standard InChI is InChI=1S/C14H16BrFN2S/c1-9-8-19-14(18-9)7-12(17-2)5-10-3-4-11(16)6-13(10)15/h3-4,6,8,12,17H,5,7H2,1-2H3. The Morgan fingerprint density at radius 1 is 1.42 bits per heavy atom. The largest absolute Gasteiger partial charge is 0.316 e. The summed E-state index contributed by atoms with van der Waals surface area (Å²) in [6, 6.07) is 5.14. The van der Waals surface area contributed by atoms with E-state index < -0.39 is 0 Å². The van der Waals surface area contributed by atoms with E-state index in [0.29, 0.717) is 6.04 Å². The van der Waals surface area contributed by atoms with Crippen molar-refractivity contribution in [1.82, 2.24) is 10.3 Å². The highest BCUT2D eigenvalue weighted by Crippen LogP contribution is 2.21. The molecule has 0 saturated heterocycles. The van der Waals surface area contributed by atoms with Crippen molar-refractivity contribution in [3.05, 3.63) is 50.1 Å². The number of nitrogens with zero attached hydrogens (tertiary/aromatic N) is 1. The number of aromatic nitrogens is 1. The lowest BCUT2D eigenvalue weighted by atomic mass is 10.0. The normalized spacial score (nSPS) is 12.6. The summed E-state index contributed by atoms with van der Waals surface area (Å²) in [5, 5.41) is 6.50. The van der Waals surface area contributed by atoms with Crippen molar-refractivity contribution in [3.8, 4) is 0 Å². The Morgan fingerprint density at radius 2 is 2.21 bits per heavy atom. The van der Waals surface area contributed by atoms with E-state index in [4.69, 9.17) is 0 Å². The Morgan fingerprint density at radius 3 is 2.79 bits per heavy atom. The predicted molar refractivity (Wildman–Crippen MR) is 81.2 cm³/mol. The first-order valence-electron chi connectivity index (χ1n) is 6.10. The molecule has 2 nitrogen and oxygen atoms in total. The maximum Gasteiger partial charge on any atom is 0.124 e. The van der Waals surface area contributed by atoms with Crippen molar-refractivity contribution in [2.75, 3.05) is 7.05 Å². The minimum Gasteiger partial charge on any atom is -0.316 e. The number of halogens is 2. The minimum atomic E-state index is -0.216. The van der Waals surface area contributed by atoms with Crippen LogP contribution in [0.3, 0.4) is 0 Å². The van der Waals surface area contributed by atoms with Crippen molar-refractivity contribution >= 4 is 27.3 Å². The Balaban J connectivity index is 2.06. The molecule has 0 saturated carbocycles. The monoisotopic (exact) mass is 342 g/mol. The van der Waals surface area contributed by atoms with Gasteiger partial charge in [0.25, 0.3) is 0 Å². The van der Waals surface area contributed by atoms with E-state index in [1.807, 2.05) is 20.0 Å². The number of nitrogens with one attached hydrogen (secondary N) is 1. The second-order valence-corrected chi connectivity index (χ2v) is 6.31. The zero-order chi connectivity index (χ0) is 13.8. The summed E-state index contributed by atoms with van der Waals surface area (Å²) in [6.07, 6.45) is 1.73. The van der Waals surface area contributed by atoms with Gasteiger partial charge in [0.05, 0.1) is 5.01 Å². The first-order valence-corrected chi connectivity index (χ1v) is 7.78. The third-order valence-corrected chi connectivity index (χ3v) is 4.70. The van der Waals surface area contributed by atoms with Crippen LogP contribution in [0.1, 0.15) is 16.3 Å². The van der Waals surface area contributed by atoms with Crippen LogP contribution in [0, 0.1) is 12.7 Å². The molecule has 1 aromatic carbocycles. The number of likely N-dealkylation sites (N-methyl/N-ethyl adjacent to an activating group) is 1. The van der Waals surface area contributed by atoms with Crippen LogP contribution in [-0.4, -0.2) is 18.1 Å². The van der Waals surface area contributed by atoms with Crippen LogP contribution < -0.4 is 5.32 Å². The van der Waals surface area contributed by atoms with Crippen LogP contribution in [-0.2, 0) is 12.8 Å². The summed E-state index contributed by atoms with van der Waals surface area (Å²) in [6.45, 7) is 2.00. The summed E-state index contributed by atoms with van der Waals surface area (Å²) in [5.41, 5.74) is 2.17. The summed E-state index contributed by atoms with van der Waals surface area (Å²) >= 11 is 5.10. The molecule has 1 atom stereocenters. The van der Waals surface area contributed by atoms with E-state index in [2.05, 4.69) is 31.6 Å². The fraction of sp³-hybridized carbons (Fsp3) is 0.357. The van der Waals surface area contributed by atoms with Gasteiger partial charge < -0.3 is 5.32 Å². The van der Waals surface area contributed by atoms with Gasteiger partial charge in [-0.15, -0.1) is 11.3 Å². The summed E-state index contributed by atoms with van der Waals surface area (Å²) < 4.78 is 13.9. The first kappa shape index (κ1) is 14.6. The lowest BCUT2D eigenvalue weighted by molar-refractivity contribution is 0.552. The molecule has 1 heterocycles. The van der Waals surface area contributed by atoms with Gasteiger partial charge in [-0.25, -0.2) is 9.37 Å². The van der Waals surface area contributed by atoms with Crippen LogP contribution in [0.2, 0.25) is 0 Å². The van der Waals surface area contributed by atoms with Gasteiger partial charge in [-0.3, -0.25) is 0 Å². The molecule has 5 heteroatoms. The maximum absolute atomic E-state index is 13.1.